The molecule has 5 nitrogen and oxygen atoms in total. The number of ether oxygens (including phenoxy) is 1. The zero-order chi connectivity index (χ0) is 23.0. The molecule has 162 valence electrons. The van der Waals surface area contributed by atoms with Gasteiger partial charge in [0.2, 0.25) is 0 Å². The maximum Gasteiger partial charge on any atom is 0.300 e. The Labute approximate surface area is 185 Å². The second-order valence-corrected chi connectivity index (χ2v) is 7.72. The Morgan fingerprint density at radius 1 is 0.969 bits per heavy atom. The van der Waals surface area contributed by atoms with E-state index in [0.29, 0.717) is 22.6 Å². The normalized spacial score (nSPS) is 17.6. The van der Waals surface area contributed by atoms with Gasteiger partial charge in [-0.1, -0.05) is 24.3 Å². The number of aliphatic hydroxyl groups excluding tert-OH is 1. The number of rotatable bonds is 4. The summed E-state index contributed by atoms with van der Waals surface area (Å²) in [6, 6.07) is 16.7. The molecule has 0 radical (unpaired) electrons. The molecule has 1 saturated heterocycles. The van der Waals surface area contributed by atoms with Crippen LogP contribution in [0.5, 0.6) is 5.75 Å². The van der Waals surface area contributed by atoms with Gasteiger partial charge in [0.25, 0.3) is 11.7 Å². The van der Waals surface area contributed by atoms with Gasteiger partial charge in [0, 0.05) is 11.3 Å². The molecule has 1 aliphatic rings. The number of halogens is 1. The summed E-state index contributed by atoms with van der Waals surface area (Å²) in [5.41, 5.74) is 3.32. The zero-order valence-corrected chi connectivity index (χ0v) is 17.9. The van der Waals surface area contributed by atoms with Gasteiger partial charge in [-0.2, -0.15) is 0 Å². The third kappa shape index (κ3) is 3.64. The lowest BCUT2D eigenvalue weighted by Gasteiger charge is -2.25. The van der Waals surface area contributed by atoms with Gasteiger partial charge in [-0.05, 0) is 73.0 Å². The molecule has 0 aliphatic carbocycles. The average Bonchev–Trinajstić information content (AvgIpc) is 3.06. The number of hydrogen-bond donors (Lipinski definition) is 1. The molecular formula is C26H22FNO4. The fourth-order valence-corrected chi connectivity index (χ4v) is 3.87. The van der Waals surface area contributed by atoms with Gasteiger partial charge >= 0.3 is 0 Å². The number of anilines is 1. The number of amides is 1. The van der Waals surface area contributed by atoms with Crippen molar-refractivity contribution in [1.82, 2.24) is 0 Å². The van der Waals surface area contributed by atoms with E-state index in [0.717, 1.165) is 11.1 Å². The summed E-state index contributed by atoms with van der Waals surface area (Å²) in [6.45, 7) is 3.85. The van der Waals surface area contributed by atoms with E-state index in [1.807, 2.05) is 19.9 Å². The van der Waals surface area contributed by atoms with Gasteiger partial charge in [-0.3, -0.25) is 14.5 Å². The summed E-state index contributed by atoms with van der Waals surface area (Å²) in [5, 5.41) is 11.2. The van der Waals surface area contributed by atoms with Crippen molar-refractivity contribution in [2.45, 2.75) is 19.9 Å². The van der Waals surface area contributed by atoms with E-state index in [4.69, 9.17) is 4.74 Å². The van der Waals surface area contributed by atoms with Crippen LogP contribution in [0.1, 0.15) is 28.3 Å². The highest BCUT2D eigenvalue weighted by Gasteiger charge is 2.47. The van der Waals surface area contributed by atoms with Gasteiger partial charge in [-0.15, -0.1) is 0 Å². The molecule has 1 heterocycles. The second kappa shape index (κ2) is 8.30. The molecule has 0 bridgehead atoms. The van der Waals surface area contributed by atoms with Crippen LogP contribution in [-0.2, 0) is 9.59 Å². The first-order valence-electron chi connectivity index (χ1n) is 10.1. The standard InChI is InChI=1S/C26H22FNO4/c1-15-7-8-18(13-16(15)2)24(29)22-23(17-5-4-6-21(14-17)32-3)28(26(31)25(22)30)20-11-9-19(27)10-12-20/h4-14,23,29H,1-3H3/b24-22-. The van der Waals surface area contributed by atoms with Crippen molar-refractivity contribution < 1.29 is 23.8 Å². The first kappa shape index (κ1) is 21.3. The van der Waals surface area contributed by atoms with Crippen molar-refractivity contribution >= 4 is 23.1 Å². The molecule has 1 fully saturated rings. The molecule has 4 rings (SSSR count). The van der Waals surface area contributed by atoms with Crippen LogP contribution < -0.4 is 9.64 Å². The fraction of sp³-hybridized carbons (Fsp3) is 0.154. The Hall–Kier alpha value is -3.93. The van der Waals surface area contributed by atoms with Crippen molar-refractivity contribution in [2.24, 2.45) is 0 Å². The van der Waals surface area contributed by atoms with E-state index in [1.165, 1.54) is 36.3 Å². The van der Waals surface area contributed by atoms with Crippen LogP contribution in [0.3, 0.4) is 0 Å². The van der Waals surface area contributed by atoms with E-state index >= 15 is 0 Å². The predicted molar refractivity (Wildman–Crippen MR) is 120 cm³/mol. The maximum absolute atomic E-state index is 13.5. The van der Waals surface area contributed by atoms with Crippen molar-refractivity contribution in [2.75, 3.05) is 12.0 Å². The fourth-order valence-electron chi connectivity index (χ4n) is 3.87. The molecular weight excluding hydrogens is 409 g/mol. The molecule has 0 aromatic heterocycles. The van der Waals surface area contributed by atoms with Gasteiger partial charge in [0.1, 0.15) is 17.3 Å². The summed E-state index contributed by atoms with van der Waals surface area (Å²) in [4.78, 5) is 27.5. The first-order valence-corrected chi connectivity index (χ1v) is 10.1. The summed E-state index contributed by atoms with van der Waals surface area (Å²) in [6.07, 6.45) is 0. The van der Waals surface area contributed by atoms with E-state index in [2.05, 4.69) is 0 Å². The maximum atomic E-state index is 13.5. The smallest absolute Gasteiger partial charge is 0.300 e. The lowest BCUT2D eigenvalue weighted by molar-refractivity contribution is -0.132. The molecule has 1 unspecified atom stereocenters. The van der Waals surface area contributed by atoms with Crippen LogP contribution in [0.2, 0.25) is 0 Å². The number of Topliss-reactive ketones (excluding diaryl/α,β-unsaturated/α-hetero) is 1. The Kier molecular flexibility index (Phi) is 5.53. The number of methoxy groups -OCH3 is 1. The number of hydrogen-bond acceptors (Lipinski definition) is 4. The number of carbonyl (C=O) groups is 2. The van der Waals surface area contributed by atoms with Gasteiger partial charge < -0.3 is 9.84 Å². The van der Waals surface area contributed by atoms with E-state index in [1.54, 1.807) is 36.4 Å². The van der Waals surface area contributed by atoms with E-state index in [9.17, 15) is 19.1 Å². The van der Waals surface area contributed by atoms with E-state index < -0.39 is 23.5 Å². The number of aliphatic hydroxyl groups is 1. The van der Waals surface area contributed by atoms with Crippen LogP contribution in [0.25, 0.3) is 5.76 Å². The van der Waals surface area contributed by atoms with Crippen LogP contribution in [0.4, 0.5) is 10.1 Å². The molecule has 1 aliphatic heterocycles. The van der Waals surface area contributed by atoms with Gasteiger partial charge in [-0.25, -0.2) is 4.39 Å². The minimum Gasteiger partial charge on any atom is -0.507 e. The van der Waals surface area contributed by atoms with Gasteiger partial charge in [0.15, 0.2) is 0 Å². The largest absolute Gasteiger partial charge is 0.507 e. The topological polar surface area (TPSA) is 66.8 Å². The van der Waals surface area contributed by atoms with Crippen molar-refractivity contribution in [3.05, 3.63) is 100 Å². The van der Waals surface area contributed by atoms with E-state index in [-0.39, 0.29) is 11.3 Å². The third-order valence-corrected chi connectivity index (χ3v) is 5.74. The zero-order valence-electron chi connectivity index (χ0n) is 17.9. The van der Waals surface area contributed by atoms with Crippen molar-refractivity contribution in [3.8, 4) is 5.75 Å². The Morgan fingerprint density at radius 2 is 1.69 bits per heavy atom. The Balaban J connectivity index is 1.96. The molecule has 0 spiro atoms. The number of carbonyl (C=O) groups excluding carboxylic acids is 2. The molecule has 32 heavy (non-hydrogen) atoms. The minimum atomic E-state index is -0.905. The highest BCUT2D eigenvalue weighted by Crippen LogP contribution is 2.42. The van der Waals surface area contributed by atoms with Crippen LogP contribution in [-0.4, -0.2) is 23.9 Å². The molecule has 1 N–H and O–H groups in total. The van der Waals surface area contributed by atoms with Crippen molar-refractivity contribution in [3.63, 3.8) is 0 Å². The summed E-state index contributed by atoms with van der Waals surface area (Å²) in [5.74, 6) is -1.78. The lowest BCUT2D eigenvalue weighted by atomic mass is 9.94. The van der Waals surface area contributed by atoms with Crippen molar-refractivity contribution in [1.29, 1.82) is 0 Å². The van der Waals surface area contributed by atoms with Crippen LogP contribution in [0, 0.1) is 19.7 Å². The molecule has 3 aromatic carbocycles. The molecule has 1 amide bonds. The summed E-state index contributed by atoms with van der Waals surface area (Å²) in [7, 11) is 1.52. The van der Waals surface area contributed by atoms with Gasteiger partial charge in [0.05, 0.1) is 18.7 Å². The number of nitrogens with zero attached hydrogens (tertiary/aromatic N) is 1. The Morgan fingerprint density at radius 3 is 2.34 bits per heavy atom. The first-order chi connectivity index (χ1) is 15.3. The summed E-state index contributed by atoms with van der Waals surface area (Å²) < 4.78 is 18.8. The minimum absolute atomic E-state index is 0.0316. The quantitative estimate of drug-likeness (QED) is 0.356. The molecule has 0 saturated carbocycles. The SMILES string of the molecule is COc1cccc(C2/C(=C(/O)c3ccc(C)c(C)c3)C(=O)C(=O)N2c2ccc(F)cc2)c1. The Bertz CT molecular complexity index is 1250. The number of ketones is 1. The molecule has 3 aromatic rings. The van der Waals surface area contributed by atoms with Crippen LogP contribution in [0.15, 0.2) is 72.3 Å². The average molecular weight is 431 g/mol. The number of aryl methyl sites for hydroxylation is 2. The molecule has 1 atom stereocenters. The highest BCUT2D eigenvalue weighted by atomic mass is 19.1. The highest BCUT2D eigenvalue weighted by molar-refractivity contribution is 6.51. The number of benzene rings is 3. The molecule has 6 heteroatoms. The van der Waals surface area contributed by atoms with Crippen LogP contribution >= 0.6 is 0 Å². The monoisotopic (exact) mass is 431 g/mol. The summed E-state index contributed by atoms with van der Waals surface area (Å²) >= 11 is 0. The lowest BCUT2D eigenvalue weighted by Crippen LogP contribution is -2.29. The third-order valence-electron chi connectivity index (χ3n) is 5.74. The predicted octanol–water partition coefficient (Wildman–Crippen LogP) is 5.08. The second-order valence-electron chi connectivity index (χ2n) is 7.72.